The lowest BCUT2D eigenvalue weighted by Gasteiger charge is -2.23. The second kappa shape index (κ2) is 8.05. The number of methoxy groups -OCH3 is 3. The van der Waals surface area contributed by atoms with Crippen molar-refractivity contribution in [3.8, 4) is 11.5 Å². The van der Waals surface area contributed by atoms with E-state index in [1.165, 1.54) is 38.5 Å². The number of benzene rings is 2. The topological polar surface area (TPSA) is 82.1 Å². The summed E-state index contributed by atoms with van der Waals surface area (Å²) in [6.45, 7) is -0.571. The van der Waals surface area contributed by atoms with Gasteiger partial charge < -0.3 is 14.2 Å². The number of ether oxygens (including phenoxy) is 3. The average Bonchev–Trinajstić information content (AvgIpc) is 2.65. The summed E-state index contributed by atoms with van der Waals surface area (Å²) >= 11 is 0. The molecule has 0 aliphatic carbocycles. The number of carbonyl (C=O) groups is 1. The smallest absolute Gasteiger partial charge is 0.326 e. The van der Waals surface area contributed by atoms with Crippen molar-refractivity contribution in [2.75, 3.05) is 32.2 Å². The zero-order valence-electron chi connectivity index (χ0n) is 14.4. The first-order valence-electron chi connectivity index (χ1n) is 7.40. The third-order valence-corrected chi connectivity index (χ3v) is 5.34. The maximum absolute atomic E-state index is 14.0. The molecule has 0 atom stereocenters. The van der Waals surface area contributed by atoms with E-state index in [1.807, 2.05) is 0 Å². The Morgan fingerprint density at radius 2 is 1.69 bits per heavy atom. The Morgan fingerprint density at radius 1 is 1.04 bits per heavy atom. The summed E-state index contributed by atoms with van der Waals surface area (Å²) in [6.07, 6.45) is 0. The number of carbonyl (C=O) groups excluding carboxylic acids is 1. The van der Waals surface area contributed by atoms with Gasteiger partial charge in [0.05, 0.1) is 31.9 Å². The Balaban J connectivity index is 2.51. The van der Waals surface area contributed by atoms with E-state index in [2.05, 4.69) is 4.74 Å². The van der Waals surface area contributed by atoms with Gasteiger partial charge in [-0.05, 0) is 42.5 Å². The molecule has 0 heterocycles. The van der Waals surface area contributed by atoms with Crippen LogP contribution < -0.4 is 13.8 Å². The highest BCUT2D eigenvalue weighted by Gasteiger charge is 2.28. The highest BCUT2D eigenvalue weighted by atomic mass is 32.2. The van der Waals surface area contributed by atoms with Crippen molar-refractivity contribution >= 4 is 21.7 Å². The number of hydrogen-bond donors (Lipinski definition) is 0. The summed E-state index contributed by atoms with van der Waals surface area (Å²) in [5.41, 5.74) is 0.201. The molecule has 0 saturated heterocycles. The van der Waals surface area contributed by atoms with E-state index in [9.17, 15) is 17.6 Å². The van der Waals surface area contributed by atoms with Gasteiger partial charge in [0.1, 0.15) is 12.3 Å². The lowest BCUT2D eigenvalue weighted by molar-refractivity contribution is -0.138. The van der Waals surface area contributed by atoms with Crippen molar-refractivity contribution in [1.82, 2.24) is 0 Å². The average molecular weight is 383 g/mol. The molecule has 0 unspecified atom stereocenters. The maximum atomic E-state index is 14.0. The normalized spacial score (nSPS) is 10.9. The molecule has 0 N–H and O–H groups in total. The monoisotopic (exact) mass is 383 g/mol. The van der Waals surface area contributed by atoms with Crippen LogP contribution >= 0.6 is 0 Å². The first kappa shape index (κ1) is 19.5. The van der Waals surface area contributed by atoms with Gasteiger partial charge in [-0.1, -0.05) is 0 Å². The molecule has 7 nitrogen and oxygen atoms in total. The highest BCUT2D eigenvalue weighted by Crippen LogP contribution is 2.28. The van der Waals surface area contributed by atoms with Crippen LogP contribution in [-0.2, 0) is 19.6 Å². The maximum Gasteiger partial charge on any atom is 0.326 e. The van der Waals surface area contributed by atoms with Crippen molar-refractivity contribution in [2.45, 2.75) is 4.90 Å². The van der Waals surface area contributed by atoms with Gasteiger partial charge in [0.15, 0.2) is 11.6 Å². The van der Waals surface area contributed by atoms with E-state index in [-0.39, 0.29) is 16.3 Å². The van der Waals surface area contributed by atoms with Crippen LogP contribution in [0.15, 0.2) is 47.4 Å². The summed E-state index contributed by atoms with van der Waals surface area (Å²) in [4.78, 5) is 11.4. The Morgan fingerprint density at radius 3 is 2.19 bits per heavy atom. The molecular weight excluding hydrogens is 365 g/mol. The van der Waals surface area contributed by atoms with Crippen molar-refractivity contribution in [3.05, 3.63) is 48.3 Å². The van der Waals surface area contributed by atoms with Gasteiger partial charge in [-0.15, -0.1) is 0 Å². The standard InChI is InChI=1S/C17H18FNO6S/c1-23-13-6-4-12(5-7-13)19(11-17(20)25-3)26(21,22)14-8-9-16(24-2)15(18)10-14/h4-10H,11H2,1-3H3. The third kappa shape index (κ3) is 4.05. The Bertz CT molecular complexity index is 883. The van der Waals surface area contributed by atoms with Crippen molar-refractivity contribution < 1.29 is 31.8 Å². The zero-order chi connectivity index (χ0) is 19.3. The zero-order valence-corrected chi connectivity index (χ0v) is 15.2. The lowest BCUT2D eigenvalue weighted by Crippen LogP contribution is -2.36. The Kier molecular flexibility index (Phi) is 6.04. The molecule has 2 aromatic carbocycles. The SMILES string of the molecule is COC(=O)CN(c1ccc(OC)cc1)S(=O)(=O)c1ccc(OC)c(F)c1. The first-order chi connectivity index (χ1) is 12.3. The number of anilines is 1. The van der Waals surface area contributed by atoms with Crippen LogP contribution in [-0.4, -0.2) is 42.3 Å². The summed E-state index contributed by atoms with van der Waals surface area (Å²) in [7, 11) is -0.342. The van der Waals surface area contributed by atoms with Gasteiger partial charge in [-0.25, -0.2) is 12.8 Å². The minimum Gasteiger partial charge on any atom is -0.497 e. The molecule has 0 aliphatic rings. The number of sulfonamides is 1. The lowest BCUT2D eigenvalue weighted by atomic mass is 10.3. The first-order valence-corrected chi connectivity index (χ1v) is 8.84. The van der Waals surface area contributed by atoms with Crippen molar-refractivity contribution in [3.63, 3.8) is 0 Å². The fourth-order valence-electron chi connectivity index (χ4n) is 2.18. The molecule has 0 radical (unpaired) electrons. The van der Waals surface area contributed by atoms with Gasteiger partial charge >= 0.3 is 5.97 Å². The van der Waals surface area contributed by atoms with Crippen molar-refractivity contribution in [1.29, 1.82) is 0 Å². The molecule has 140 valence electrons. The fourth-order valence-corrected chi connectivity index (χ4v) is 3.60. The van der Waals surface area contributed by atoms with Gasteiger partial charge in [0, 0.05) is 0 Å². The fraction of sp³-hybridized carbons (Fsp3) is 0.235. The molecule has 0 fully saturated rings. The molecule has 0 amide bonds. The molecular formula is C17H18FNO6S. The van der Waals surface area contributed by atoms with Crippen LogP contribution in [0, 0.1) is 5.82 Å². The molecule has 0 aliphatic heterocycles. The molecule has 26 heavy (non-hydrogen) atoms. The van der Waals surface area contributed by atoms with Crippen LogP contribution in [0.25, 0.3) is 0 Å². The van der Waals surface area contributed by atoms with E-state index >= 15 is 0 Å². The predicted molar refractivity (Wildman–Crippen MR) is 92.5 cm³/mol. The molecule has 2 aromatic rings. The Labute approximate surface area is 151 Å². The van der Waals surface area contributed by atoms with Crippen LogP contribution in [0.3, 0.4) is 0 Å². The van der Waals surface area contributed by atoms with Gasteiger partial charge in [-0.2, -0.15) is 0 Å². The number of esters is 1. The van der Waals surface area contributed by atoms with E-state index in [1.54, 1.807) is 12.1 Å². The van der Waals surface area contributed by atoms with Gasteiger partial charge in [-0.3, -0.25) is 9.10 Å². The highest BCUT2D eigenvalue weighted by molar-refractivity contribution is 7.92. The van der Waals surface area contributed by atoms with E-state index in [4.69, 9.17) is 9.47 Å². The summed E-state index contributed by atoms with van der Waals surface area (Å²) in [6, 6.07) is 9.27. The van der Waals surface area contributed by atoms with Crippen LogP contribution in [0.2, 0.25) is 0 Å². The number of hydrogen-bond acceptors (Lipinski definition) is 6. The summed E-state index contributed by atoms with van der Waals surface area (Å²) in [5.74, 6) is -1.17. The molecule has 0 aromatic heterocycles. The number of rotatable bonds is 7. The number of halogens is 1. The minimum atomic E-state index is -4.23. The van der Waals surface area contributed by atoms with E-state index in [0.29, 0.717) is 5.75 Å². The summed E-state index contributed by atoms with van der Waals surface area (Å²) in [5, 5.41) is 0. The minimum absolute atomic E-state index is 0.0899. The second-order valence-corrected chi connectivity index (χ2v) is 6.94. The van der Waals surface area contributed by atoms with E-state index in [0.717, 1.165) is 17.5 Å². The van der Waals surface area contributed by atoms with E-state index < -0.39 is 28.4 Å². The molecule has 2 rings (SSSR count). The van der Waals surface area contributed by atoms with Crippen LogP contribution in [0.5, 0.6) is 11.5 Å². The Hall–Kier alpha value is -2.81. The molecule has 0 bridgehead atoms. The van der Waals surface area contributed by atoms with Crippen LogP contribution in [0.1, 0.15) is 0 Å². The van der Waals surface area contributed by atoms with Gasteiger partial charge in [0.25, 0.3) is 10.0 Å². The molecule has 0 saturated carbocycles. The molecule has 0 spiro atoms. The quantitative estimate of drug-likeness (QED) is 0.682. The van der Waals surface area contributed by atoms with Crippen LogP contribution in [0.4, 0.5) is 10.1 Å². The van der Waals surface area contributed by atoms with Gasteiger partial charge in [0.2, 0.25) is 0 Å². The third-order valence-electron chi connectivity index (χ3n) is 3.57. The largest absolute Gasteiger partial charge is 0.497 e. The van der Waals surface area contributed by atoms with Crippen molar-refractivity contribution in [2.24, 2.45) is 0 Å². The summed E-state index contributed by atoms with van der Waals surface area (Å²) < 4.78 is 55.1. The second-order valence-electron chi connectivity index (χ2n) is 5.08. The molecule has 9 heteroatoms. The predicted octanol–water partition coefficient (Wildman–Crippen LogP) is 2.21. The number of nitrogens with zero attached hydrogens (tertiary/aromatic N) is 1.